The van der Waals surface area contributed by atoms with Crippen LogP contribution < -0.4 is 4.74 Å². The average Bonchev–Trinajstić information content (AvgIpc) is 2.84. The van der Waals surface area contributed by atoms with Crippen molar-refractivity contribution in [2.45, 2.75) is 39.2 Å². The van der Waals surface area contributed by atoms with Crippen molar-refractivity contribution in [3.63, 3.8) is 0 Å². The van der Waals surface area contributed by atoms with E-state index in [0.717, 1.165) is 48.4 Å². The number of amides is 1. The van der Waals surface area contributed by atoms with Crippen LogP contribution in [0.1, 0.15) is 43.7 Å². The molecule has 1 heterocycles. The lowest BCUT2D eigenvalue weighted by molar-refractivity contribution is -0.787. The number of rotatable bonds is 12. The van der Waals surface area contributed by atoms with Gasteiger partial charge in [-0.25, -0.2) is 14.1 Å². The highest BCUT2D eigenvalue weighted by molar-refractivity contribution is 5.87. The zero-order valence-electron chi connectivity index (χ0n) is 19.8. The van der Waals surface area contributed by atoms with Crippen molar-refractivity contribution in [2.24, 2.45) is 0 Å². The summed E-state index contributed by atoms with van der Waals surface area (Å²) in [6.07, 6.45) is 7.58. The molecule has 1 aliphatic heterocycles. The van der Waals surface area contributed by atoms with E-state index < -0.39 is 5.97 Å². The molecule has 0 spiro atoms. The number of carboxylic acid groups (broad SMARTS) is 1. The number of hydrogen-bond acceptors (Lipinski definition) is 4. The summed E-state index contributed by atoms with van der Waals surface area (Å²) in [4.78, 5) is 24.2. The number of aliphatic carboxylic acids is 1. The van der Waals surface area contributed by atoms with Crippen LogP contribution in [0.15, 0.2) is 72.3 Å². The van der Waals surface area contributed by atoms with Gasteiger partial charge < -0.3 is 14.6 Å². The standard InChI is InChI=1S/C28H33NO5/c1-2-3-18-33-19-20-34-26-14-11-24(12-15-26)27-16-13-25(28(31)32)10-7-17-29(27,22-30)21-23-8-5-4-6-9-23/h4-6,8-9,11-16,22H,2-3,7,10,17-21H2,1H3/p+1. The monoisotopic (exact) mass is 464 g/mol. The summed E-state index contributed by atoms with van der Waals surface area (Å²) in [5, 5.41) is 9.52. The smallest absolute Gasteiger partial charge is 0.331 e. The van der Waals surface area contributed by atoms with Crippen LogP contribution in [0.3, 0.4) is 0 Å². The SMILES string of the molecule is CCCCOCCOc1ccc(C2=CC=C(C(=O)O)CCC[N+]2(C=O)Cc2ccccc2)cc1. The predicted octanol–water partition coefficient (Wildman–Crippen LogP) is 5.20. The zero-order valence-corrected chi connectivity index (χ0v) is 19.8. The number of unbranched alkanes of at least 4 members (excludes halogenated alkanes) is 1. The highest BCUT2D eigenvalue weighted by atomic mass is 16.5. The Kier molecular flexibility index (Phi) is 9.62. The third-order valence-corrected chi connectivity index (χ3v) is 6.00. The molecule has 2 aromatic rings. The number of hydrogen-bond donors (Lipinski definition) is 1. The second-order valence-corrected chi connectivity index (χ2v) is 8.50. The van der Waals surface area contributed by atoms with E-state index in [-0.39, 0.29) is 4.48 Å². The fraction of sp³-hybridized carbons (Fsp3) is 0.357. The highest BCUT2D eigenvalue weighted by Gasteiger charge is 2.35. The van der Waals surface area contributed by atoms with Crippen LogP contribution in [-0.4, -0.2) is 48.3 Å². The first-order valence-corrected chi connectivity index (χ1v) is 11.9. The molecule has 0 bridgehead atoms. The van der Waals surface area contributed by atoms with Crippen LogP contribution in [0, 0.1) is 0 Å². The molecular formula is C28H34NO5+. The molecule has 3 rings (SSSR count). The molecule has 34 heavy (non-hydrogen) atoms. The number of ether oxygens (including phenoxy) is 2. The van der Waals surface area contributed by atoms with Crippen molar-refractivity contribution >= 4 is 18.1 Å². The van der Waals surface area contributed by atoms with Crippen molar-refractivity contribution in [1.82, 2.24) is 0 Å². The molecule has 2 aromatic carbocycles. The molecule has 180 valence electrons. The van der Waals surface area contributed by atoms with Gasteiger partial charge >= 0.3 is 12.4 Å². The van der Waals surface area contributed by atoms with Crippen LogP contribution in [0.4, 0.5) is 0 Å². The summed E-state index contributed by atoms with van der Waals surface area (Å²) in [5.74, 6) is -0.196. The molecule has 0 aliphatic carbocycles. The molecule has 6 nitrogen and oxygen atoms in total. The van der Waals surface area contributed by atoms with E-state index in [1.165, 1.54) is 0 Å². The van der Waals surface area contributed by atoms with Gasteiger partial charge in [-0.2, -0.15) is 0 Å². The van der Waals surface area contributed by atoms with Gasteiger partial charge in [0.25, 0.3) is 0 Å². The molecular weight excluding hydrogens is 430 g/mol. The lowest BCUT2D eigenvalue weighted by Gasteiger charge is -2.35. The number of carbonyl (C=O) groups is 2. The van der Waals surface area contributed by atoms with Crippen LogP contribution in [0.5, 0.6) is 5.75 Å². The number of nitrogens with zero attached hydrogens (tertiary/aromatic N) is 1. The van der Waals surface area contributed by atoms with E-state index in [2.05, 4.69) is 6.92 Å². The fourth-order valence-electron chi connectivity index (χ4n) is 4.12. The number of carbonyl (C=O) groups excluding carboxylic acids is 1. The maximum atomic E-state index is 12.6. The predicted molar refractivity (Wildman–Crippen MR) is 132 cm³/mol. The maximum absolute atomic E-state index is 12.6. The molecule has 1 amide bonds. The summed E-state index contributed by atoms with van der Waals surface area (Å²) >= 11 is 0. The second-order valence-electron chi connectivity index (χ2n) is 8.50. The van der Waals surface area contributed by atoms with Crippen molar-refractivity contribution in [2.75, 3.05) is 26.4 Å². The lowest BCUT2D eigenvalue weighted by Crippen LogP contribution is -2.45. The first-order chi connectivity index (χ1) is 16.6. The molecule has 1 N–H and O–H groups in total. The van der Waals surface area contributed by atoms with Gasteiger partial charge in [0.2, 0.25) is 0 Å². The first kappa shape index (κ1) is 25.4. The summed E-state index contributed by atoms with van der Waals surface area (Å²) in [6, 6.07) is 17.5. The van der Waals surface area contributed by atoms with Crippen molar-refractivity contribution in [3.05, 3.63) is 83.4 Å². The summed E-state index contributed by atoms with van der Waals surface area (Å²) in [6.45, 7) is 4.90. The maximum Gasteiger partial charge on any atom is 0.331 e. The van der Waals surface area contributed by atoms with Crippen molar-refractivity contribution < 1.29 is 28.7 Å². The van der Waals surface area contributed by atoms with Crippen LogP contribution in [-0.2, 0) is 20.9 Å². The lowest BCUT2D eigenvalue weighted by atomic mass is 10.0. The first-order valence-electron chi connectivity index (χ1n) is 11.9. The van der Waals surface area contributed by atoms with Crippen molar-refractivity contribution in [3.8, 4) is 5.75 Å². The Morgan fingerprint density at radius 3 is 2.47 bits per heavy atom. The number of quaternary nitrogens is 1. The van der Waals surface area contributed by atoms with E-state index in [0.29, 0.717) is 44.7 Å². The quantitative estimate of drug-likeness (QED) is 0.265. The molecule has 0 aromatic heterocycles. The summed E-state index contributed by atoms with van der Waals surface area (Å²) < 4.78 is 11.4. The zero-order chi connectivity index (χ0) is 24.2. The summed E-state index contributed by atoms with van der Waals surface area (Å²) in [5.41, 5.74) is 3.03. The Morgan fingerprint density at radius 2 is 1.79 bits per heavy atom. The molecule has 1 aliphatic rings. The second kappa shape index (κ2) is 12.9. The Hall–Kier alpha value is -3.22. The van der Waals surface area contributed by atoms with Gasteiger partial charge in [-0.1, -0.05) is 43.7 Å². The number of carboxylic acids is 1. The Morgan fingerprint density at radius 1 is 1.03 bits per heavy atom. The van der Waals surface area contributed by atoms with Gasteiger partial charge in [-0.15, -0.1) is 0 Å². The molecule has 0 radical (unpaired) electrons. The van der Waals surface area contributed by atoms with Crippen LogP contribution >= 0.6 is 0 Å². The van der Waals surface area contributed by atoms with Crippen molar-refractivity contribution in [1.29, 1.82) is 0 Å². The Bertz CT molecular complexity index is 997. The Labute approximate surface area is 201 Å². The van der Waals surface area contributed by atoms with Gasteiger partial charge in [0.05, 0.1) is 13.2 Å². The topological polar surface area (TPSA) is 72.8 Å². The minimum absolute atomic E-state index is 0.0961. The molecule has 0 fully saturated rings. The number of allylic oxidation sites excluding steroid dienone is 2. The molecule has 1 atom stereocenters. The molecule has 0 saturated carbocycles. The van der Waals surface area contributed by atoms with Crippen LogP contribution in [0.2, 0.25) is 0 Å². The number of benzene rings is 2. The largest absolute Gasteiger partial charge is 0.491 e. The van der Waals surface area contributed by atoms with E-state index >= 15 is 0 Å². The van der Waals surface area contributed by atoms with E-state index in [1.807, 2.05) is 54.6 Å². The van der Waals surface area contributed by atoms with Gasteiger partial charge in [0, 0.05) is 35.8 Å². The Balaban J connectivity index is 1.86. The van der Waals surface area contributed by atoms with Gasteiger partial charge in [-0.05, 0) is 43.2 Å². The molecule has 0 saturated heterocycles. The highest BCUT2D eigenvalue weighted by Crippen LogP contribution is 2.33. The van der Waals surface area contributed by atoms with Gasteiger partial charge in [0.15, 0.2) is 0 Å². The van der Waals surface area contributed by atoms with Gasteiger partial charge in [-0.3, -0.25) is 0 Å². The third-order valence-electron chi connectivity index (χ3n) is 6.00. The minimum Gasteiger partial charge on any atom is -0.491 e. The van der Waals surface area contributed by atoms with Crippen LogP contribution in [0.25, 0.3) is 5.70 Å². The molecule has 1 unspecified atom stereocenters. The van der Waals surface area contributed by atoms with Gasteiger partial charge in [0.1, 0.15) is 24.6 Å². The van der Waals surface area contributed by atoms with E-state index in [1.54, 1.807) is 12.2 Å². The molecule has 6 heteroatoms. The normalized spacial score (nSPS) is 18.3. The van der Waals surface area contributed by atoms with E-state index in [9.17, 15) is 14.7 Å². The third kappa shape index (κ3) is 6.89. The summed E-state index contributed by atoms with van der Waals surface area (Å²) in [7, 11) is 0. The average molecular weight is 465 g/mol. The fourth-order valence-corrected chi connectivity index (χ4v) is 4.12. The minimum atomic E-state index is -0.922. The van der Waals surface area contributed by atoms with E-state index in [4.69, 9.17) is 9.47 Å².